The molecule has 0 atom stereocenters. The van der Waals surface area contributed by atoms with Crippen molar-refractivity contribution in [1.82, 2.24) is 9.78 Å². The van der Waals surface area contributed by atoms with Gasteiger partial charge >= 0.3 is 6.36 Å². The number of alkyl halides is 3. The van der Waals surface area contributed by atoms with Crippen LogP contribution in [0.4, 0.5) is 18.9 Å². The molecule has 7 heteroatoms. The van der Waals surface area contributed by atoms with E-state index in [0.29, 0.717) is 12.2 Å². The highest BCUT2D eigenvalue weighted by Gasteiger charge is 2.31. The summed E-state index contributed by atoms with van der Waals surface area (Å²) in [5, 5.41) is 7.09. The number of aromatic nitrogens is 2. The minimum absolute atomic E-state index is 0.233. The van der Waals surface area contributed by atoms with E-state index in [1.165, 1.54) is 18.2 Å². The van der Waals surface area contributed by atoms with Gasteiger partial charge in [-0.25, -0.2) is 0 Å². The van der Waals surface area contributed by atoms with Gasteiger partial charge in [0.15, 0.2) is 0 Å². The second-order valence-corrected chi connectivity index (χ2v) is 4.20. The Hall–Kier alpha value is -2.18. The number of nitrogens with one attached hydrogen (secondary N) is 1. The van der Waals surface area contributed by atoms with Crippen LogP contribution in [0, 0.1) is 0 Å². The van der Waals surface area contributed by atoms with Crippen LogP contribution < -0.4 is 10.1 Å². The molecular formula is C13H14F3N3O. The average Bonchev–Trinajstić information content (AvgIpc) is 2.73. The lowest BCUT2D eigenvalue weighted by atomic mass is 10.2. The van der Waals surface area contributed by atoms with Gasteiger partial charge in [-0.2, -0.15) is 5.10 Å². The molecule has 4 nitrogen and oxygen atoms in total. The normalized spacial score (nSPS) is 11.4. The van der Waals surface area contributed by atoms with Crippen molar-refractivity contribution in [3.63, 3.8) is 0 Å². The number of aryl methyl sites for hydroxylation is 1. The Balaban J connectivity index is 1.90. The molecule has 108 valence electrons. The molecule has 0 amide bonds. The van der Waals surface area contributed by atoms with Crippen molar-refractivity contribution in [2.45, 2.75) is 12.8 Å². The van der Waals surface area contributed by atoms with E-state index < -0.39 is 6.36 Å². The third-order valence-electron chi connectivity index (χ3n) is 2.70. The van der Waals surface area contributed by atoms with Crippen molar-refractivity contribution in [2.75, 3.05) is 11.9 Å². The minimum atomic E-state index is -4.67. The average molecular weight is 285 g/mol. The minimum Gasteiger partial charge on any atom is -0.406 e. The number of ether oxygens (including phenoxy) is 1. The van der Waals surface area contributed by atoms with Crippen molar-refractivity contribution in [3.8, 4) is 5.75 Å². The van der Waals surface area contributed by atoms with E-state index in [1.807, 2.05) is 13.1 Å². The molecule has 0 bridgehead atoms. The van der Waals surface area contributed by atoms with Gasteiger partial charge in [0.25, 0.3) is 0 Å². The van der Waals surface area contributed by atoms with Gasteiger partial charge < -0.3 is 10.1 Å². The second-order valence-electron chi connectivity index (χ2n) is 4.20. The van der Waals surface area contributed by atoms with Gasteiger partial charge in [-0.3, -0.25) is 4.68 Å². The van der Waals surface area contributed by atoms with Crippen molar-refractivity contribution in [3.05, 3.63) is 42.2 Å². The zero-order valence-electron chi connectivity index (χ0n) is 10.8. The lowest BCUT2D eigenvalue weighted by Gasteiger charge is -2.11. The van der Waals surface area contributed by atoms with Crippen molar-refractivity contribution in [1.29, 1.82) is 0 Å². The maximum atomic E-state index is 12.1. The van der Waals surface area contributed by atoms with Crippen molar-refractivity contribution < 1.29 is 17.9 Å². The maximum Gasteiger partial charge on any atom is 0.573 e. The van der Waals surface area contributed by atoms with Gasteiger partial charge in [-0.15, -0.1) is 13.2 Å². The molecule has 0 unspecified atom stereocenters. The monoisotopic (exact) mass is 285 g/mol. The molecule has 0 aliphatic rings. The van der Waals surface area contributed by atoms with Crippen LogP contribution >= 0.6 is 0 Å². The summed E-state index contributed by atoms with van der Waals surface area (Å²) in [6.45, 7) is 0.592. The third-order valence-corrected chi connectivity index (χ3v) is 2.70. The summed E-state index contributed by atoms with van der Waals surface area (Å²) in [5.41, 5.74) is 1.62. The van der Waals surface area contributed by atoms with Crippen LogP contribution in [0.5, 0.6) is 5.75 Å². The molecule has 0 aliphatic carbocycles. The first kappa shape index (κ1) is 14.2. The van der Waals surface area contributed by atoms with Crippen LogP contribution in [0.1, 0.15) is 5.69 Å². The quantitative estimate of drug-likeness (QED) is 0.918. The molecule has 1 aromatic heterocycles. The summed E-state index contributed by atoms with van der Waals surface area (Å²) in [4.78, 5) is 0. The van der Waals surface area contributed by atoms with E-state index in [9.17, 15) is 13.2 Å². The summed E-state index contributed by atoms with van der Waals surface area (Å²) >= 11 is 0. The lowest BCUT2D eigenvalue weighted by Crippen LogP contribution is -2.17. The summed E-state index contributed by atoms with van der Waals surface area (Å²) < 4.78 is 41.9. The number of nitrogens with zero attached hydrogens (tertiary/aromatic N) is 2. The standard InChI is InChI=1S/C13H14F3N3O/c1-19-11(6-8-18-19)5-7-17-10-3-2-4-12(9-10)20-13(14,15)16/h2-4,6,8-9,17H,5,7H2,1H3. The Kier molecular flexibility index (Phi) is 4.16. The number of halogens is 3. The number of hydrogen-bond acceptors (Lipinski definition) is 3. The van der Waals surface area contributed by atoms with E-state index >= 15 is 0 Å². The molecule has 0 saturated carbocycles. The molecule has 0 spiro atoms. The highest BCUT2D eigenvalue weighted by molar-refractivity contribution is 5.48. The summed E-state index contributed by atoms with van der Waals surface area (Å²) in [6, 6.07) is 7.67. The first-order valence-corrected chi connectivity index (χ1v) is 6.00. The number of hydrogen-bond donors (Lipinski definition) is 1. The highest BCUT2D eigenvalue weighted by atomic mass is 19.4. The van der Waals surface area contributed by atoms with Gasteiger partial charge in [-0.1, -0.05) is 6.07 Å². The smallest absolute Gasteiger partial charge is 0.406 e. The van der Waals surface area contributed by atoms with E-state index in [2.05, 4.69) is 15.2 Å². The van der Waals surface area contributed by atoms with E-state index in [0.717, 1.165) is 12.1 Å². The topological polar surface area (TPSA) is 39.1 Å². The zero-order valence-corrected chi connectivity index (χ0v) is 10.8. The molecular weight excluding hydrogens is 271 g/mol. The predicted octanol–water partition coefficient (Wildman–Crippen LogP) is 2.97. The van der Waals surface area contributed by atoms with Gasteiger partial charge in [0.05, 0.1) is 0 Å². The molecule has 0 saturated heterocycles. The van der Waals surface area contributed by atoms with Crippen LogP contribution in [0.2, 0.25) is 0 Å². The second kappa shape index (κ2) is 5.85. The van der Waals surface area contributed by atoms with Crippen LogP contribution in [0.15, 0.2) is 36.5 Å². The van der Waals surface area contributed by atoms with Gasteiger partial charge in [0.2, 0.25) is 0 Å². The first-order chi connectivity index (χ1) is 9.44. The SMILES string of the molecule is Cn1nccc1CCNc1cccc(OC(F)(F)F)c1. The number of anilines is 1. The first-order valence-electron chi connectivity index (χ1n) is 6.00. The third kappa shape index (κ3) is 4.18. The summed E-state index contributed by atoms with van der Waals surface area (Å²) in [7, 11) is 1.84. The predicted molar refractivity (Wildman–Crippen MR) is 68.5 cm³/mol. The molecule has 1 aromatic carbocycles. The van der Waals surface area contributed by atoms with Crippen LogP contribution in [0.25, 0.3) is 0 Å². The summed E-state index contributed by atoms with van der Waals surface area (Å²) in [5.74, 6) is -0.233. The molecule has 1 heterocycles. The Morgan fingerprint density at radius 3 is 2.75 bits per heavy atom. The molecule has 0 fully saturated rings. The Morgan fingerprint density at radius 1 is 1.30 bits per heavy atom. The van der Waals surface area contributed by atoms with Crippen LogP contribution in [-0.4, -0.2) is 22.7 Å². The number of benzene rings is 1. The maximum absolute atomic E-state index is 12.1. The fraction of sp³-hybridized carbons (Fsp3) is 0.308. The molecule has 20 heavy (non-hydrogen) atoms. The van der Waals surface area contributed by atoms with E-state index in [4.69, 9.17) is 0 Å². The Morgan fingerprint density at radius 2 is 2.10 bits per heavy atom. The number of rotatable bonds is 5. The lowest BCUT2D eigenvalue weighted by molar-refractivity contribution is -0.274. The Labute approximate surface area is 114 Å². The van der Waals surface area contributed by atoms with Gasteiger partial charge in [0, 0.05) is 43.7 Å². The molecule has 2 rings (SSSR count). The fourth-order valence-corrected chi connectivity index (χ4v) is 1.78. The molecule has 0 aliphatic heterocycles. The van der Waals surface area contributed by atoms with Crippen LogP contribution in [-0.2, 0) is 13.5 Å². The zero-order chi connectivity index (χ0) is 14.6. The van der Waals surface area contributed by atoms with Crippen LogP contribution in [0.3, 0.4) is 0 Å². The molecule has 1 N–H and O–H groups in total. The molecule has 0 radical (unpaired) electrons. The van der Waals surface area contributed by atoms with Crippen molar-refractivity contribution >= 4 is 5.69 Å². The van der Waals surface area contributed by atoms with Gasteiger partial charge in [0.1, 0.15) is 5.75 Å². The van der Waals surface area contributed by atoms with Crippen molar-refractivity contribution in [2.24, 2.45) is 7.05 Å². The Bertz CT molecular complexity index is 566. The summed E-state index contributed by atoms with van der Waals surface area (Å²) in [6.07, 6.45) is -2.25. The van der Waals surface area contributed by atoms with E-state index in [-0.39, 0.29) is 5.75 Å². The highest BCUT2D eigenvalue weighted by Crippen LogP contribution is 2.24. The largest absolute Gasteiger partial charge is 0.573 e. The fourth-order valence-electron chi connectivity index (χ4n) is 1.78. The van der Waals surface area contributed by atoms with Gasteiger partial charge in [-0.05, 0) is 18.2 Å². The van der Waals surface area contributed by atoms with E-state index in [1.54, 1.807) is 16.9 Å². The molecule has 2 aromatic rings.